The normalized spacial score (nSPS) is 10.9. The number of nitrogens with one attached hydrogen (secondary N) is 1. The van der Waals surface area contributed by atoms with E-state index in [-0.39, 0.29) is 12.2 Å². The van der Waals surface area contributed by atoms with Crippen molar-refractivity contribution >= 4 is 16.9 Å². The highest BCUT2D eigenvalue weighted by atomic mass is 19.1. The zero-order chi connectivity index (χ0) is 16.4. The van der Waals surface area contributed by atoms with E-state index in [9.17, 15) is 14.3 Å². The van der Waals surface area contributed by atoms with Crippen LogP contribution in [0.5, 0.6) is 5.75 Å². The monoisotopic (exact) mass is 313 g/mol. The van der Waals surface area contributed by atoms with Gasteiger partial charge in [0.15, 0.2) is 0 Å². The summed E-state index contributed by atoms with van der Waals surface area (Å²) in [5, 5.41) is 10.00. The molecule has 118 valence electrons. The van der Waals surface area contributed by atoms with Crippen molar-refractivity contribution < 1.29 is 19.0 Å². The van der Waals surface area contributed by atoms with E-state index in [0.717, 1.165) is 10.9 Å². The van der Waals surface area contributed by atoms with Crippen molar-refractivity contribution in [2.45, 2.75) is 13.3 Å². The van der Waals surface area contributed by atoms with Crippen LogP contribution in [0.4, 0.5) is 4.39 Å². The molecule has 23 heavy (non-hydrogen) atoms. The number of benzene rings is 2. The van der Waals surface area contributed by atoms with Gasteiger partial charge < -0.3 is 14.8 Å². The summed E-state index contributed by atoms with van der Waals surface area (Å²) in [4.78, 5) is 14.4. The Kier molecular flexibility index (Phi) is 4.02. The summed E-state index contributed by atoms with van der Waals surface area (Å²) in [6, 6.07) is 11.6. The summed E-state index contributed by atoms with van der Waals surface area (Å²) in [6.45, 7) is 2.42. The second-order valence-electron chi connectivity index (χ2n) is 5.20. The minimum atomic E-state index is -0.939. The Morgan fingerprint density at radius 1 is 1.26 bits per heavy atom. The average molecular weight is 313 g/mol. The number of carboxylic acid groups (broad SMARTS) is 1. The quantitative estimate of drug-likeness (QED) is 0.748. The molecule has 3 rings (SSSR count). The van der Waals surface area contributed by atoms with Crippen molar-refractivity contribution in [2.24, 2.45) is 0 Å². The van der Waals surface area contributed by atoms with Crippen molar-refractivity contribution in [2.75, 3.05) is 6.61 Å². The highest BCUT2D eigenvalue weighted by Gasteiger charge is 2.17. The van der Waals surface area contributed by atoms with Crippen LogP contribution in [-0.4, -0.2) is 22.7 Å². The van der Waals surface area contributed by atoms with Gasteiger partial charge in [-0.15, -0.1) is 0 Å². The first-order valence-electron chi connectivity index (χ1n) is 7.33. The first-order chi connectivity index (χ1) is 11.1. The number of hydrogen-bond donors (Lipinski definition) is 2. The summed E-state index contributed by atoms with van der Waals surface area (Å²) < 4.78 is 19.0. The van der Waals surface area contributed by atoms with Gasteiger partial charge >= 0.3 is 5.97 Å². The van der Waals surface area contributed by atoms with Gasteiger partial charge in [0, 0.05) is 16.5 Å². The third-order valence-electron chi connectivity index (χ3n) is 3.63. The molecule has 0 saturated heterocycles. The van der Waals surface area contributed by atoms with Crippen LogP contribution in [0.3, 0.4) is 0 Å². The van der Waals surface area contributed by atoms with E-state index in [1.165, 1.54) is 12.1 Å². The van der Waals surface area contributed by atoms with E-state index >= 15 is 0 Å². The summed E-state index contributed by atoms with van der Waals surface area (Å²) in [7, 11) is 0. The Hall–Kier alpha value is -2.82. The van der Waals surface area contributed by atoms with Crippen LogP contribution in [0.25, 0.3) is 22.2 Å². The number of carboxylic acids is 1. The number of carbonyl (C=O) groups is 1. The standard InChI is InChI=1S/C18H16FNO3/c1-2-23-13-6-7-16-14(9-13)15(10-17(21)22)18(20-16)11-4-3-5-12(19)8-11/h3-9,20H,2,10H2,1H3,(H,21,22). The predicted molar refractivity (Wildman–Crippen MR) is 86.2 cm³/mol. The smallest absolute Gasteiger partial charge is 0.307 e. The summed E-state index contributed by atoms with van der Waals surface area (Å²) in [5.74, 6) is -0.626. The number of aliphatic carboxylic acids is 1. The molecule has 0 aliphatic carbocycles. The highest BCUT2D eigenvalue weighted by molar-refractivity contribution is 5.94. The number of fused-ring (bicyclic) bond motifs is 1. The Labute approximate surface area is 132 Å². The van der Waals surface area contributed by atoms with Gasteiger partial charge in [0.25, 0.3) is 0 Å². The lowest BCUT2D eigenvalue weighted by molar-refractivity contribution is -0.136. The van der Waals surface area contributed by atoms with Gasteiger partial charge in [0.2, 0.25) is 0 Å². The average Bonchev–Trinajstić information content (AvgIpc) is 2.85. The number of ether oxygens (including phenoxy) is 1. The van der Waals surface area contributed by atoms with Crippen molar-refractivity contribution in [1.29, 1.82) is 0 Å². The largest absolute Gasteiger partial charge is 0.494 e. The molecule has 0 unspecified atom stereocenters. The second-order valence-corrected chi connectivity index (χ2v) is 5.20. The first kappa shape index (κ1) is 15.1. The summed E-state index contributed by atoms with van der Waals surface area (Å²) in [5.41, 5.74) is 2.66. The maximum atomic E-state index is 13.5. The Balaban J connectivity index is 2.21. The second kappa shape index (κ2) is 6.12. The van der Waals surface area contributed by atoms with Crippen molar-refractivity contribution in [3.8, 4) is 17.0 Å². The lowest BCUT2D eigenvalue weighted by Crippen LogP contribution is -2.01. The Morgan fingerprint density at radius 2 is 2.09 bits per heavy atom. The molecule has 0 aliphatic rings. The molecule has 2 aromatic carbocycles. The molecule has 0 amide bonds. The van der Waals surface area contributed by atoms with Crippen LogP contribution >= 0.6 is 0 Å². The SMILES string of the molecule is CCOc1ccc2[nH]c(-c3cccc(F)c3)c(CC(=O)O)c2c1. The molecule has 2 N–H and O–H groups in total. The summed E-state index contributed by atoms with van der Waals surface area (Å²) in [6.07, 6.45) is -0.151. The van der Waals surface area contributed by atoms with Crippen LogP contribution in [0.15, 0.2) is 42.5 Å². The van der Waals surface area contributed by atoms with E-state index in [0.29, 0.717) is 29.2 Å². The lowest BCUT2D eigenvalue weighted by Gasteiger charge is -2.04. The third-order valence-corrected chi connectivity index (χ3v) is 3.63. The number of rotatable bonds is 5. The molecule has 0 spiro atoms. The van der Waals surface area contributed by atoms with Gasteiger partial charge in [-0.2, -0.15) is 0 Å². The Bertz CT molecular complexity index is 870. The summed E-state index contributed by atoms with van der Waals surface area (Å²) >= 11 is 0. The molecule has 0 bridgehead atoms. The van der Waals surface area contributed by atoms with E-state index in [1.54, 1.807) is 12.1 Å². The van der Waals surface area contributed by atoms with Gasteiger partial charge in [-0.1, -0.05) is 12.1 Å². The van der Waals surface area contributed by atoms with E-state index in [4.69, 9.17) is 4.74 Å². The van der Waals surface area contributed by atoms with E-state index < -0.39 is 5.97 Å². The fourth-order valence-electron chi connectivity index (χ4n) is 2.71. The molecular formula is C18H16FNO3. The van der Waals surface area contributed by atoms with E-state index in [1.807, 2.05) is 25.1 Å². The van der Waals surface area contributed by atoms with Gasteiger partial charge in [-0.05, 0) is 42.8 Å². The van der Waals surface area contributed by atoms with Gasteiger partial charge in [-0.3, -0.25) is 4.79 Å². The molecule has 3 aromatic rings. The maximum Gasteiger partial charge on any atom is 0.307 e. The Morgan fingerprint density at radius 3 is 2.78 bits per heavy atom. The fourth-order valence-corrected chi connectivity index (χ4v) is 2.71. The molecule has 0 radical (unpaired) electrons. The minimum absolute atomic E-state index is 0.151. The third kappa shape index (κ3) is 3.04. The fraction of sp³-hybridized carbons (Fsp3) is 0.167. The van der Waals surface area contributed by atoms with Gasteiger partial charge in [0.05, 0.1) is 18.7 Å². The van der Waals surface area contributed by atoms with Gasteiger partial charge in [-0.25, -0.2) is 4.39 Å². The predicted octanol–water partition coefficient (Wildman–Crippen LogP) is 4.00. The number of hydrogen-bond acceptors (Lipinski definition) is 2. The maximum absolute atomic E-state index is 13.5. The number of H-pyrrole nitrogens is 1. The molecule has 0 fully saturated rings. The lowest BCUT2D eigenvalue weighted by atomic mass is 10.0. The molecule has 1 aromatic heterocycles. The number of halogens is 1. The van der Waals surface area contributed by atoms with Crippen LogP contribution in [0.1, 0.15) is 12.5 Å². The zero-order valence-corrected chi connectivity index (χ0v) is 12.6. The molecule has 0 atom stereocenters. The van der Waals surface area contributed by atoms with Crippen molar-refractivity contribution in [3.05, 3.63) is 53.8 Å². The number of aromatic amines is 1. The van der Waals surface area contributed by atoms with Crippen LogP contribution < -0.4 is 4.74 Å². The molecule has 5 heteroatoms. The van der Waals surface area contributed by atoms with Crippen molar-refractivity contribution in [3.63, 3.8) is 0 Å². The van der Waals surface area contributed by atoms with Gasteiger partial charge in [0.1, 0.15) is 11.6 Å². The number of aromatic nitrogens is 1. The zero-order valence-electron chi connectivity index (χ0n) is 12.6. The van der Waals surface area contributed by atoms with Crippen LogP contribution in [-0.2, 0) is 11.2 Å². The van der Waals surface area contributed by atoms with E-state index in [2.05, 4.69) is 4.98 Å². The highest BCUT2D eigenvalue weighted by Crippen LogP contribution is 2.33. The molecule has 0 saturated carbocycles. The first-order valence-corrected chi connectivity index (χ1v) is 7.33. The van der Waals surface area contributed by atoms with Crippen LogP contribution in [0, 0.1) is 5.82 Å². The minimum Gasteiger partial charge on any atom is -0.494 e. The molecule has 0 aliphatic heterocycles. The molecule has 4 nitrogen and oxygen atoms in total. The molecule has 1 heterocycles. The van der Waals surface area contributed by atoms with Crippen LogP contribution in [0.2, 0.25) is 0 Å². The van der Waals surface area contributed by atoms with Crippen molar-refractivity contribution in [1.82, 2.24) is 4.98 Å². The molecular weight excluding hydrogens is 297 g/mol. The topological polar surface area (TPSA) is 62.3 Å².